The molecule has 1 N–H and O–H groups in total. The van der Waals surface area contributed by atoms with Crippen molar-refractivity contribution in [1.82, 2.24) is 0 Å². The van der Waals surface area contributed by atoms with Gasteiger partial charge in [0.05, 0.1) is 45.6 Å². The predicted octanol–water partition coefficient (Wildman–Crippen LogP) is 4.91. The van der Waals surface area contributed by atoms with Crippen molar-refractivity contribution in [1.29, 1.82) is 0 Å². The molecular weight excluding hydrogens is 446 g/mol. The number of aliphatic hydroxyl groups is 1. The van der Waals surface area contributed by atoms with Gasteiger partial charge in [-0.25, -0.2) is 9.79 Å². The molecule has 0 radical (unpaired) electrons. The van der Waals surface area contributed by atoms with Crippen molar-refractivity contribution in [3.05, 3.63) is 58.2 Å². The van der Waals surface area contributed by atoms with Crippen LogP contribution < -0.4 is 18.9 Å². The second-order valence-electron chi connectivity index (χ2n) is 6.60. The molecule has 0 fully saturated rings. The summed E-state index contributed by atoms with van der Waals surface area (Å²) in [6.07, 6.45) is 1.69. The third-order valence-electron chi connectivity index (χ3n) is 4.68. The Hall–Kier alpha value is -3.59. The number of benzene rings is 2. The molecule has 0 aliphatic carbocycles. The molecule has 8 nitrogen and oxygen atoms in total. The average Bonchev–Trinajstić information content (AvgIpc) is 3.13. The van der Waals surface area contributed by atoms with Gasteiger partial charge in [-0.2, -0.15) is 0 Å². The molecule has 174 valence electrons. The van der Waals surface area contributed by atoms with Gasteiger partial charge in [0.25, 0.3) is 0 Å². The predicted molar refractivity (Wildman–Crippen MR) is 128 cm³/mol. The largest absolute Gasteiger partial charge is 0.506 e. The number of esters is 1. The number of carbonyl (C=O) groups is 1. The van der Waals surface area contributed by atoms with Gasteiger partial charge in [-0.05, 0) is 37.3 Å². The van der Waals surface area contributed by atoms with Gasteiger partial charge in [-0.15, -0.1) is 0 Å². The van der Waals surface area contributed by atoms with E-state index in [0.29, 0.717) is 44.2 Å². The van der Waals surface area contributed by atoms with E-state index in [1.54, 1.807) is 56.5 Å². The highest BCUT2D eigenvalue weighted by Gasteiger charge is 2.33. The number of aliphatic imine (C=N–C) groups is 1. The minimum atomic E-state index is -0.660. The van der Waals surface area contributed by atoms with Gasteiger partial charge in [0, 0.05) is 11.6 Å². The maximum Gasteiger partial charge on any atom is 0.344 e. The van der Waals surface area contributed by atoms with E-state index in [4.69, 9.17) is 23.7 Å². The van der Waals surface area contributed by atoms with Crippen LogP contribution in [0.1, 0.15) is 12.5 Å². The Balaban J connectivity index is 2.11. The number of methoxy groups -OCH3 is 4. The quantitative estimate of drug-likeness (QED) is 0.543. The smallest absolute Gasteiger partial charge is 0.344 e. The van der Waals surface area contributed by atoms with E-state index < -0.39 is 5.97 Å². The zero-order valence-corrected chi connectivity index (χ0v) is 19.8. The first kappa shape index (κ1) is 24.1. The number of hydrogen-bond donors (Lipinski definition) is 1. The fourth-order valence-electron chi connectivity index (χ4n) is 3.17. The van der Waals surface area contributed by atoms with E-state index in [-0.39, 0.29) is 17.9 Å². The third kappa shape index (κ3) is 5.09. The van der Waals surface area contributed by atoms with Crippen LogP contribution in [0.4, 0.5) is 5.69 Å². The van der Waals surface area contributed by atoms with Crippen LogP contribution in [0.3, 0.4) is 0 Å². The lowest BCUT2D eigenvalue weighted by molar-refractivity contribution is -0.138. The van der Waals surface area contributed by atoms with E-state index >= 15 is 0 Å². The van der Waals surface area contributed by atoms with Crippen LogP contribution in [0.2, 0.25) is 0 Å². The minimum Gasteiger partial charge on any atom is -0.506 e. The van der Waals surface area contributed by atoms with Crippen LogP contribution in [0.15, 0.2) is 57.6 Å². The molecule has 9 heteroatoms. The fraction of sp³-hybridized carbons (Fsp3) is 0.250. The van der Waals surface area contributed by atoms with Crippen molar-refractivity contribution < 1.29 is 33.6 Å². The number of rotatable bonds is 8. The van der Waals surface area contributed by atoms with E-state index in [0.717, 1.165) is 11.8 Å². The molecule has 0 unspecified atom stereocenters. The summed E-state index contributed by atoms with van der Waals surface area (Å²) in [7, 11) is 6.11. The van der Waals surface area contributed by atoms with Crippen molar-refractivity contribution in [3.8, 4) is 23.0 Å². The number of aliphatic hydroxyl groups excluding tert-OH is 1. The highest BCUT2D eigenvalue weighted by molar-refractivity contribution is 8.18. The monoisotopic (exact) mass is 471 g/mol. The van der Waals surface area contributed by atoms with E-state index in [9.17, 15) is 9.90 Å². The maximum atomic E-state index is 12.6. The summed E-state index contributed by atoms with van der Waals surface area (Å²) in [4.78, 5) is 17.6. The summed E-state index contributed by atoms with van der Waals surface area (Å²) in [6.45, 7) is 1.86. The van der Waals surface area contributed by atoms with Gasteiger partial charge in [-0.3, -0.25) is 0 Å². The van der Waals surface area contributed by atoms with Crippen LogP contribution in [-0.4, -0.2) is 51.2 Å². The molecule has 0 aromatic heterocycles. The Morgan fingerprint density at radius 3 is 2.42 bits per heavy atom. The fourth-order valence-corrected chi connectivity index (χ4v) is 4.19. The Bertz CT molecular complexity index is 1140. The summed E-state index contributed by atoms with van der Waals surface area (Å²) in [5, 5.41) is 11.2. The first-order valence-electron chi connectivity index (χ1n) is 9.99. The van der Waals surface area contributed by atoms with Gasteiger partial charge in [0.15, 0.2) is 11.5 Å². The Kier molecular flexibility index (Phi) is 7.89. The van der Waals surface area contributed by atoms with Gasteiger partial charge in [-0.1, -0.05) is 17.8 Å². The minimum absolute atomic E-state index is 0.00429. The van der Waals surface area contributed by atoms with Gasteiger partial charge >= 0.3 is 5.97 Å². The molecule has 0 amide bonds. The molecular formula is C24H25NO7S. The average molecular weight is 472 g/mol. The second-order valence-corrected chi connectivity index (χ2v) is 7.63. The zero-order chi connectivity index (χ0) is 24.0. The molecule has 0 atom stereocenters. The normalized spacial score (nSPS) is 15.7. The summed E-state index contributed by atoms with van der Waals surface area (Å²) in [5.41, 5.74) is 1.18. The molecule has 1 aliphatic heterocycles. The number of ether oxygens (including phenoxy) is 5. The molecule has 0 saturated carbocycles. The molecule has 0 bridgehead atoms. The molecule has 0 saturated heterocycles. The maximum absolute atomic E-state index is 12.6. The Morgan fingerprint density at radius 1 is 1.03 bits per heavy atom. The number of carbonyl (C=O) groups excluding carboxylic acids is 1. The number of thioether (sulfide) groups is 1. The summed E-state index contributed by atoms with van der Waals surface area (Å²) in [5.74, 6) is 1.08. The highest BCUT2D eigenvalue weighted by atomic mass is 32.2. The molecule has 33 heavy (non-hydrogen) atoms. The molecule has 1 heterocycles. The topological polar surface area (TPSA) is 95.8 Å². The van der Waals surface area contributed by atoms with E-state index in [2.05, 4.69) is 4.99 Å². The van der Waals surface area contributed by atoms with Crippen LogP contribution in [0, 0.1) is 0 Å². The van der Waals surface area contributed by atoms with Crippen molar-refractivity contribution in [2.45, 2.75) is 6.92 Å². The van der Waals surface area contributed by atoms with Crippen molar-refractivity contribution in [2.75, 3.05) is 35.0 Å². The third-order valence-corrected chi connectivity index (χ3v) is 5.70. The van der Waals surface area contributed by atoms with Crippen LogP contribution in [0.5, 0.6) is 23.0 Å². The van der Waals surface area contributed by atoms with Crippen molar-refractivity contribution >= 4 is 34.5 Å². The van der Waals surface area contributed by atoms with Gasteiger partial charge < -0.3 is 28.8 Å². The zero-order valence-electron chi connectivity index (χ0n) is 19.0. The number of hydrogen-bond acceptors (Lipinski definition) is 9. The lowest BCUT2D eigenvalue weighted by atomic mass is 10.1. The van der Waals surface area contributed by atoms with Gasteiger partial charge in [0.2, 0.25) is 5.75 Å². The van der Waals surface area contributed by atoms with Crippen LogP contribution in [0.25, 0.3) is 6.08 Å². The van der Waals surface area contributed by atoms with Crippen LogP contribution in [-0.2, 0) is 9.53 Å². The lowest BCUT2D eigenvalue weighted by Crippen LogP contribution is -2.12. The molecule has 3 rings (SSSR count). The Labute approximate surface area is 196 Å². The van der Waals surface area contributed by atoms with E-state index in [1.807, 2.05) is 0 Å². The van der Waals surface area contributed by atoms with Crippen molar-refractivity contribution in [2.24, 2.45) is 4.99 Å². The summed E-state index contributed by atoms with van der Waals surface area (Å²) >= 11 is 1.14. The molecule has 0 spiro atoms. The van der Waals surface area contributed by atoms with Gasteiger partial charge in [0.1, 0.15) is 22.1 Å². The Morgan fingerprint density at radius 2 is 1.79 bits per heavy atom. The SMILES string of the molecule is CCOC(=O)C1=C(O)/C(=C\c2ccc(OC)c(OC)c2OC)SC1=Nc1cccc(OC)c1. The first-order valence-corrected chi connectivity index (χ1v) is 10.8. The second kappa shape index (κ2) is 10.8. The highest BCUT2D eigenvalue weighted by Crippen LogP contribution is 2.44. The van der Waals surface area contributed by atoms with E-state index in [1.165, 1.54) is 21.3 Å². The lowest BCUT2D eigenvalue weighted by Gasteiger charge is -2.14. The molecule has 2 aromatic carbocycles. The van der Waals surface area contributed by atoms with Crippen molar-refractivity contribution in [3.63, 3.8) is 0 Å². The first-order chi connectivity index (χ1) is 16.0. The standard InChI is InChI=1S/C24H25NO7S/c1-6-32-24(27)19-20(26)18(33-23(19)25-15-8-7-9-16(13-15)28-2)12-14-10-11-17(29-3)22(31-5)21(14)30-4/h7-13,26H,6H2,1-5H3/b18-12+,25-23?. The molecule has 2 aromatic rings. The number of nitrogens with zero attached hydrogens (tertiary/aromatic N) is 1. The summed E-state index contributed by atoms with van der Waals surface area (Å²) in [6, 6.07) is 10.6. The van der Waals surface area contributed by atoms with Crippen LogP contribution >= 0.6 is 11.8 Å². The summed E-state index contributed by atoms with van der Waals surface area (Å²) < 4.78 is 26.7. The molecule has 1 aliphatic rings.